The van der Waals surface area contributed by atoms with E-state index >= 15 is 0 Å². The first kappa shape index (κ1) is 16.2. The smallest absolute Gasteiger partial charge is 0.336 e. The Bertz CT molecular complexity index is 1040. The lowest BCUT2D eigenvalue weighted by Crippen LogP contribution is -2.23. The van der Waals surface area contributed by atoms with Crippen LogP contribution in [0, 0.1) is 0 Å². The van der Waals surface area contributed by atoms with Gasteiger partial charge in [-0.1, -0.05) is 42.5 Å². The van der Waals surface area contributed by atoms with Crippen molar-refractivity contribution in [3.05, 3.63) is 82.7 Å². The number of hydrogen-bond acceptors (Lipinski definition) is 4. The Hall–Kier alpha value is -2.70. The summed E-state index contributed by atoms with van der Waals surface area (Å²) in [5, 5.41) is 0.553. The molecule has 122 valence electrons. The van der Waals surface area contributed by atoms with Crippen LogP contribution >= 0.6 is 0 Å². The van der Waals surface area contributed by atoms with Crippen molar-refractivity contribution in [2.75, 3.05) is 6.54 Å². The fraction of sp³-hybridized carbons (Fsp3) is 0.0556. The second-order valence-electron chi connectivity index (χ2n) is 5.12. The third-order valence-corrected chi connectivity index (χ3v) is 4.82. The standard InChI is InChI=1S/C18H15NO4S/c20-18-11-8-15-13-16(9-10-17(15)23-18)24(21,22)19-12-4-7-14-5-2-1-3-6-14/h1-11,13,19H,12H2/b7-4+. The lowest BCUT2D eigenvalue weighted by atomic mass is 10.2. The molecule has 6 heteroatoms. The highest BCUT2D eigenvalue weighted by Crippen LogP contribution is 2.17. The Labute approximate surface area is 139 Å². The van der Waals surface area contributed by atoms with Gasteiger partial charge in [0.25, 0.3) is 0 Å². The summed E-state index contributed by atoms with van der Waals surface area (Å²) in [6, 6.07) is 16.8. The van der Waals surface area contributed by atoms with E-state index in [2.05, 4.69) is 4.72 Å². The zero-order valence-electron chi connectivity index (χ0n) is 12.7. The van der Waals surface area contributed by atoms with Gasteiger partial charge in [-0.25, -0.2) is 17.9 Å². The Kier molecular flexibility index (Phi) is 4.59. The predicted octanol–water partition coefficient (Wildman–Crippen LogP) is 2.78. The normalized spacial score (nSPS) is 12.0. The molecule has 0 aliphatic heterocycles. The van der Waals surface area contributed by atoms with Crippen molar-refractivity contribution in [3.63, 3.8) is 0 Å². The quantitative estimate of drug-likeness (QED) is 0.724. The van der Waals surface area contributed by atoms with Crippen LogP contribution in [0.3, 0.4) is 0 Å². The van der Waals surface area contributed by atoms with Crippen LogP contribution in [-0.2, 0) is 10.0 Å². The predicted molar refractivity (Wildman–Crippen MR) is 93.1 cm³/mol. The van der Waals surface area contributed by atoms with E-state index < -0.39 is 15.6 Å². The fourth-order valence-electron chi connectivity index (χ4n) is 2.22. The molecule has 0 spiro atoms. The third kappa shape index (κ3) is 3.79. The minimum atomic E-state index is -3.64. The number of fused-ring (bicyclic) bond motifs is 1. The van der Waals surface area contributed by atoms with E-state index in [1.54, 1.807) is 6.08 Å². The molecule has 2 aromatic carbocycles. The SMILES string of the molecule is O=c1ccc2cc(S(=O)(=O)NC/C=C/c3ccccc3)ccc2o1. The van der Waals surface area contributed by atoms with E-state index in [1.165, 1.54) is 30.3 Å². The molecule has 0 saturated heterocycles. The van der Waals surface area contributed by atoms with Crippen molar-refractivity contribution >= 4 is 27.1 Å². The lowest BCUT2D eigenvalue weighted by molar-refractivity contribution is 0.560. The molecule has 5 nitrogen and oxygen atoms in total. The summed E-state index contributed by atoms with van der Waals surface area (Å²) < 4.78 is 32.1. The fourth-order valence-corrected chi connectivity index (χ4v) is 3.23. The van der Waals surface area contributed by atoms with Crippen LogP contribution in [0.2, 0.25) is 0 Å². The summed E-state index contributed by atoms with van der Waals surface area (Å²) >= 11 is 0. The first-order valence-electron chi connectivity index (χ1n) is 7.30. The average Bonchev–Trinajstić information content (AvgIpc) is 2.59. The van der Waals surface area contributed by atoms with Crippen molar-refractivity contribution in [2.24, 2.45) is 0 Å². The Balaban J connectivity index is 1.74. The molecule has 24 heavy (non-hydrogen) atoms. The molecule has 0 unspecified atom stereocenters. The molecule has 0 atom stereocenters. The third-order valence-electron chi connectivity index (χ3n) is 3.40. The van der Waals surface area contributed by atoms with Gasteiger partial charge < -0.3 is 4.42 Å². The Morgan fingerprint density at radius 2 is 1.79 bits per heavy atom. The molecule has 0 saturated carbocycles. The first-order chi connectivity index (χ1) is 11.5. The van der Waals surface area contributed by atoms with Gasteiger partial charge in [-0.2, -0.15) is 0 Å². The summed E-state index contributed by atoms with van der Waals surface area (Å²) in [5.41, 5.74) is 0.880. The highest BCUT2D eigenvalue weighted by Gasteiger charge is 2.13. The van der Waals surface area contributed by atoms with Gasteiger partial charge in [0.1, 0.15) is 5.58 Å². The second-order valence-corrected chi connectivity index (χ2v) is 6.89. The average molecular weight is 341 g/mol. The molecule has 3 aromatic rings. The van der Waals surface area contributed by atoms with Crippen LogP contribution in [0.1, 0.15) is 5.56 Å². The zero-order chi connectivity index (χ0) is 17.0. The molecule has 1 N–H and O–H groups in total. The van der Waals surface area contributed by atoms with E-state index in [9.17, 15) is 13.2 Å². The van der Waals surface area contributed by atoms with Crippen molar-refractivity contribution in [1.29, 1.82) is 0 Å². The van der Waals surface area contributed by atoms with E-state index in [0.29, 0.717) is 11.0 Å². The number of nitrogens with one attached hydrogen (secondary N) is 1. The molecular weight excluding hydrogens is 326 g/mol. The van der Waals surface area contributed by atoms with Gasteiger partial charge in [-0.05, 0) is 29.8 Å². The summed E-state index contributed by atoms with van der Waals surface area (Å²) in [4.78, 5) is 11.3. The topological polar surface area (TPSA) is 76.4 Å². The monoisotopic (exact) mass is 341 g/mol. The molecule has 0 aliphatic carbocycles. The lowest BCUT2D eigenvalue weighted by Gasteiger charge is -2.05. The van der Waals surface area contributed by atoms with Crippen LogP contribution in [0.15, 0.2) is 80.8 Å². The molecular formula is C18H15NO4S. The van der Waals surface area contributed by atoms with Gasteiger partial charge in [-0.15, -0.1) is 0 Å². The van der Waals surface area contributed by atoms with Crippen LogP contribution in [0.25, 0.3) is 17.0 Å². The van der Waals surface area contributed by atoms with Gasteiger partial charge in [0.15, 0.2) is 0 Å². The van der Waals surface area contributed by atoms with Crippen LogP contribution in [0.4, 0.5) is 0 Å². The highest BCUT2D eigenvalue weighted by atomic mass is 32.2. The summed E-state index contributed by atoms with van der Waals surface area (Å²) in [6.45, 7) is 0.180. The van der Waals surface area contributed by atoms with E-state index in [1.807, 2.05) is 36.4 Å². The highest BCUT2D eigenvalue weighted by molar-refractivity contribution is 7.89. The van der Waals surface area contributed by atoms with Gasteiger partial charge in [0.2, 0.25) is 10.0 Å². The minimum Gasteiger partial charge on any atom is -0.423 e. The molecule has 1 heterocycles. The van der Waals surface area contributed by atoms with Gasteiger partial charge >= 0.3 is 5.63 Å². The van der Waals surface area contributed by atoms with Crippen molar-refractivity contribution < 1.29 is 12.8 Å². The largest absolute Gasteiger partial charge is 0.423 e. The maximum absolute atomic E-state index is 12.3. The van der Waals surface area contributed by atoms with Crippen molar-refractivity contribution in [3.8, 4) is 0 Å². The van der Waals surface area contributed by atoms with Crippen molar-refractivity contribution in [1.82, 2.24) is 4.72 Å². The van der Waals surface area contributed by atoms with E-state index in [0.717, 1.165) is 5.56 Å². The second kappa shape index (κ2) is 6.82. The van der Waals surface area contributed by atoms with E-state index in [4.69, 9.17) is 4.42 Å². The zero-order valence-corrected chi connectivity index (χ0v) is 13.5. The van der Waals surface area contributed by atoms with Crippen LogP contribution in [0.5, 0.6) is 0 Å². The van der Waals surface area contributed by atoms with Crippen LogP contribution < -0.4 is 10.3 Å². The van der Waals surface area contributed by atoms with Crippen molar-refractivity contribution in [2.45, 2.75) is 4.90 Å². The number of benzene rings is 2. The summed E-state index contributed by atoms with van der Waals surface area (Å²) in [5.74, 6) is 0. The maximum Gasteiger partial charge on any atom is 0.336 e. The molecule has 0 aliphatic rings. The van der Waals surface area contributed by atoms with Gasteiger partial charge in [0, 0.05) is 18.0 Å². The molecule has 0 amide bonds. The maximum atomic E-state index is 12.3. The number of sulfonamides is 1. The molecule has 0 radical (unpaired) electrons. The Morgan fingerprint density at radius 3 is 2.58 bits per heavy atom. The molecule has 0 fully saturated rings. The summed E-state index contributed by atoms with van der Waals surface area (Å²) in [7, 11) is -3.64. The minimum absolute atomic E-state index is 0.122. The molecule has 1 aromatic heterocycles. The molecule has 3 rings (SSSR count). The number of hydrogen-bond donors (Lipinski definition) is 1. The Morgan fingerprint density at radius 1 is 1.00 bits per heavy atom. The van der Waals surface area contributed by atoms with Gasteiger partial charge in [0.05, 0.1) is 4.90 Å². The van der Waals surface area contributed by atoms with Gasteiger partial charge in [-0.3, -0.25) is 0 Å². The first-order valence-corrected chi connectivity index (χ1v) is 8.78. The van der Waals surface area contributed by atoms with E-state index in [-0.39, 0.29) is 11.4 Å². The van der Waals surface area contributed by atoms with Crippen LogP contribution in [-0.4, -0.2) is 15.0 Å². The number of rotatable bonds is 5. The summed E-state index contributed by atoms with van der Waals surface area (Å²) in [6.07, 6.45) is 3.59. The molecule has 0 bridgehead atoms.